The number of nitrogens with zero attached hydrogens (tertiary/aromatic N) is 1. The number of amides is 1. The van der Waals surface area contributed by atoms with Gasteiger partial charge >= 0.3 is 0 Å². The Morgan fingerprint density at radius 3 is 2.60 bits per heavy atom. The predicted molar refractivity (Wildman–Crippen MR) is 84.0 cm³/mol. The van der Waals surface area contributed by atoms with E-state index < -0.39 is 0 Å². The molecule has 0 aliphatic rings. The van der Waals surface area contributed by atoms with Crippen molar-refractivity contribution in [2.75, 3.05) is 0 Å². The second-order valence-corrected chi connectivity index (χ2v) is 5.88. The van der Waals surface area contributed by atoms with Gasteiger partial charge in [-0.1, -0.05) is 39.7 Å². The second-order valence-electron chi connectivity index (χ2n) is 4.55. The van der Waals surface area contributed by atoms with Crippen molar-refractivity contribution < 1.29 is 4.79 Å². The van der Waals surface area contributed by atoms with E-state index in [1.165, 1.54) is 6.20 Å². The first-order valence-corrected chi connectivity index (χ1v) is 7.33. The van der Waals surface area contributed by atoms with E-state index in [9.17, 15) is 4.79 Å². The summed E-state index contributed by atoms with van der Waals surface area (Å²) in [6, 6.07) is 9.39. The molecule has 0 aliphatic heterocycles. The van der Waals surface area contributed by atoms with E-state index >= 15 is 0 Å². The molecule has 0 radical (unpaired) electrons. The molecule has 2 aromatic rings. The Balaban J connectivity index is 2.13. The number of hydrogen-bond donors (Lipinski definition) is 1. The van der Waals surface area contributed by atoms with Crippen molar-refractivity contribution in [3.05, 3.63) is 62.8 Å². The van der Waals surface area contributed by atoms with Gasteiger partial charge in [0.25, 0.3) is 5.91 Å². The van der Waals surface area contributed by atoms with Gasteiger partial charge in [0, 0.05) is 16.4 Å². The molecule has 1 aromatic carbocycles. The number of hydrogen-bond acceptors (Lipinski definition) is 2. The monoisotopic (exact) mass is 352 g/mol. The van der Waals surface area contributed by atoms with Crippen LogP contribution in [0.2, 0.25) is 5.02 Å². The van der Waals surface area contributed by atoms with E-state index in [2.05, 4.69) is 26.2 Å². The Morgan fingerprint density at radius 2 is 2.00 bits per heavy atom. The molecule has 5 heteroatoms. The van der Waals surface area contributed by atoms with Gasteiger partial charge in [-0.2, -0.15) is 0 Å². The van der Waals surface area contributed by atoms with Gasteiger partial charge in [-0.15, -0.1) is 0 Å². The third kappa shape index (κ3) is 3.58. The van der Waals surface area contributed by atoms with Gasteiger partial charge in [0.1, 0.15) is 0 Å². The van der Waals surface area contributed by atoms with Gasteiger partial charge in [-0.25, -0.2) is 0 Å². The summed E-state index contributed by atoms with van der Waals surface area (Å²) in [6.45, 7) is 3.76. The number of nitrogens with one attached hydrogen (secondary N) is 1. The summed E-state index contributed by atoms with van der Waals surface area (Å²) in [5.41, 5.74) is 2.20. The molecule has 1 atom stereocenters. The zero-order valence-electron chi connectivity index (χ0n) is 11.2. The third-order valence-corrected chi connectivity index (χ3v) is 3.79. The summed E-state index contributed by atoms with van der Waals surface area (Å²) in [5.74, 6) is -0.224. The smallest absolute Gasteiger partial charge is 0.254 e. The minimum Gasteiger partial charge on any atom is -0.345 e. The topological polar surface area (TPSA) is 42.0 Å². The van der Waals surface area contributed by atoms with E-state index in [0.717, 1.165) is 15.7 Å². The van der Waals surface area contributed by atoms with Gasteiger partial charge in [-0.05, 0) is 37.6 Å². The third-order valence-electron chi connectivity index (χ3n) is 2.95. The van der Waals surface area contributed by atoms with E-state index in [1.54, 1.807) is 6.07 Å². The largest absolute Gasteiger partial charge is 0.345 e. The molecule has 1 heterocycles. The maximum Gasteiger partial charge on any atom is 0.254 e. The zero-order chi connectivity index (χ0) is 14.7. The fraction of sp³-hybridized carbons (Fsp3) is 0.200. The summed E-state index contributed by atoms with van der Waals surface area (Å²) in [4.78, 5) is 16.3. The highest BCUT2D eigenvalue weighted by Gasteiger charge is 2.14. The van der Waals surface area contributed by atoms with Crippen LogP contribution in [0, 0.1) is 6.92 Å². The summed E-state index contributed by atoms with van der Waals surface area (Å²) in [7, 11) is 0. The SMILES string of the molecule is Cc1cc(Cl)c(C(=O)N[C@H](C)c2ccc(Br)cc2)cn1. The predicted octanol–water partition coefficient (Wildman–Crippen LogP) is 4.30. The van der Waals surface area contributed by atoms with Crippen LogP contribution < -0.4 is 5.32 Å². The van der Waals surface area contributed by atoms with E-state index in [-0.39, 0.29) is 11.9 Å². The summed E-state index contributed by atoms with van der Waals surface area (Å²) < 4.78 is 1.01. The van der Waals surface area contributed by atoms with Crippen LogP contribution in [0.5, 0.6) is 0 Å². The average Bonchev–Trinajstić information content (AvgIpc) is 2.39. The number of halogens is 2. The second kappa shape index (κ2) is 6.37. The summed E-state index contributed by atoms with van der Waals surface area (Å²) in [5, 5.41) is 3.33. The Kier molecular flexibility index (Phi) is 4.78. The number of aryl methyl sites for hydroxylation is 1. The zero-order valence-corrected chi connectivity index (χ0v) is 13.5. The molecule has 3 nitrogen and oxygen atoms in total. The van der Waals surface area contributed by atoms with Crippen LogP contribution >= 0.6 is 27.5 Å². The molecule has 0 unspecified atom stereocenters. The fourth-order valence-electron chi connectivity index (χ4n) is 1.80. The lowest BCUT2D eigenvalue weighted by molar-refractivity contribution is 0.0939. The van der Waals surface area contributed by atoms with Crippen molar-refractivity contribution in [3.8, 4) is 0 Å². The van der Waals surface area contributed by atoms with Crippen LogP contribution in [0.3, 0.4) is 0 Å². The Labute approximate surface area is 131 Å². The van der Waals surface area contributed by atoms with Gasteiger partial charge < -0.3 is 5.32 Å². The molecular formula is C15H14BrClN2O. The van der Waals surface area contributed by atoms with Crippen molar-refractivity contribution >= 4 is 33.4 Å². The normalized spacial score (nSPS) is 12.0. The van der Waals surface area contributed by atoms with Gasteiger partial charge in [0.15, 0.2) is 0 Å². The molecule has 0 spiro atoms. The van der Waals surface area contributed by atoms with Gasteiger partial charge in [0.2, 0.25) is 0 Å². The van der Waals surface area contributed by atoms with Crippen LogP contribution in [0.25, 0.3) is 0 Å². The van der Waals surface area contributed by atoms with Crippen molar-refractivity contribution in [2.24, 2.45) is 0 Å². The molecule has 0 bridgehead atoms. The number of pyridine rings is 1. The van der Waals surface area contributed by atoms with E-state index in [0.29, 0.717) is 10.6 Å². The van der Waals surface area contributed by atoms with Crippen LogP contribution in [-0.4, -0.2) is 10.9 Å². The minimum absolute atomic E-state index is 0.104. The number of aromatic nitrogens is 1. The highest BCUT2D eigenvalue weighted by Crippen LogP contribution is 2.19. The lowest BCUT2D eigenvalue weighted by Gasteiger charge is -2.15. The highest BCUT2D eigenvalue weighted by atomic mass is 79.9. The molecule has 1 amide bonds. The summed E-state index contributed by atoms with van der Waals surface area (Å²) in [6.07, 6.45) is 1.50. The first-order valence-electron chi connectivity index (χ1n) is 6.16. The Morgan fingerprint density at radius 1 is 1.35 bits per heavy atom. The Hall–Kier alpha value is -1.39. The van der Waals surface area contributed by atoms with Crippen molar-refractivity contribution in [3.63, 3.8) is 0 Å². The molecule has 0 fully saturated rings. The Bertz CT molecular complexity index is 628. The van der Waals surface area contributed by atoms with Gasteiger partial charge in [-0.3, -0.25) is 9.78 Å². The fourth-order valence-corrected chi connectivity index (χ4v) is 2.36. The van der Waals surface area contributed by atoms with Crippen molar-refractivity contribution in [2.45, 2.75) is 19.9 Å². The molecule has 1 aromatic heterocycles. The molecule has 2 rings (SSSR count). The van der Waals surface area contributed by atoms with Crippen LogP contribution in [0.4, 0.5) is 0 Å². The number of rotatable bonds is 3. The molecule has 104 valence electrons. The molecule has 1 N–H and O–H groups in total. The average molecular weight is 354 g/mol. The van der Waals surface area contributed by atoms with Crippen LogP contribution in [0.1, 0.15) is 34.6 Å². The minimum atomic E-state index is -0.224. The molecule has 0 aliphatic carbocycles. The lowest BCUT2D eigenvalue weighted by Crippen LogP contribution is -2.27. The number of benzene rings is 1. The lowest BCUT2D eigenvalue weighted by atomic mass is 10.1. The molecule has 0 saturated heterocycles. The standard InChI is InChI=1S/C15H14BrClN2O/c1-9-7-14(17)13(8-18-9)15(20)19-10(2)11-3-5-12(16)6-4-11/h3-8,10H,1-2H3,(H,19,20)/t10-/m1/s1. The van der Waals surface area contributed by atoms with E-state index in [4.69, 9.17) is 11.6 Å². The van der Waals surface area contributed by atoms with Gasteiger partial charge in [0.05, 0.1) is 16.6 Å². The maximum absolute atomic E-state index is 12.2. The molecule has 20 heavy (non-hydrogen) atoms. The first kappa shape index (κ1) is 15.0. The summed E-state index contributed by atoms with van der Waals surface area (Å²) >= 11 is 9.45. The quantitative estimate of drug-likeness (QED) is 0.894. The van der Waals surface area contributed by atoms with Crippen molar-refractivity contribution in [1.29, 1.82) is 0 Å². The van der Waals surface area contributed by atoms with Crippen LogP contribution in [-0.2, 0) is 0 Å². The number of carbonyl (C=O) groups excluding carboxylic acids is 1. The van der Waals surface area contributed by atoms with Crippen molar-refractivity contribution in [1.82, 2.24) is 10.3 Å². The highest BCUT2D eigenvalue weighted by molar-refractivity contribution is 9.10. The molecule has 0 saturated carbocycles. The van der Waals surface area contributed by atoms with Crippen LogP contribution in [0.15, 0.2) is 41.0 Å². The molecular weight excluding hydrogens is 340 g/mol. The first-order chi connectivity index (χ1) is 9.47. The number of carbonyl (C=O) groups is 1. The maximum atomic E-state index is 12.2. The van der Waals surface area contributed by atoms with E-state index in [1.807, 2.05) is 38.1 Å².